The molecule has 1 saturated heterocycles. The summed E-state index contributed by atoms with van der Waals surface area (Å²) in [6, 6.07) is 2.42. The van der Waals surface area contributed by atoms with E-state index in [1.54, 1.807) is 0 Å². The summed E-state index contributed by atoms with van der Waals surface area (Å²) >= 11 is 0. The first kappa shape index (κ1) is 10.5. The first-order valence-electron chi connectivity index (χ1n) is 5.82. The molecule has 2 N–H and O–H groups in total. The summed E-state index contributed by atoms with van der Waals surface area (Å²) < 4.78 is 2.03. The molecule has 0 radical (unpaired) electrons. The van der Waals surface area contributed by atoms with Gasteiger partial charge >= 0.3 is 0 Å². The molecule has 4 heteroatoms. The summed E-state index contributed by atoms with van der Waals surface area (Å²) in [4.78, 5) is 2.53. The van der Waals surface area contributed by atoms with Gasteiger partial charge in [-0.25, -0.2) is 0 Å². The maximum absolute atomic E-state index is 5.62. The lowest BCUT2D eigenvalue weighted by atomic mass is 10.1. The van der Waals surface area contributed by atoms with E-state index < -0.39 is 0 Å². The molecule has 1 aliphatic heterocycles. The monoisotopic (exact) mass is 208 g/mol. The molecule has 0 bridgehead atoms. The van der Waals surface area contributed by atoms with Crippen molar-refractivity contribution in [1.82, 2.24) is 14.7 Å². The molecule has 0 aliphatic carbocycles. The van der Waals surface area contributed by atoms with Gasteiger partial charge in [-0.3, -0.25) is 4.68 Å². The summed E-state index contributed by atoms with van der Waals surface area (Å²) in [7, 11) is 0. The van der Waals surface area contributed by atoms with Gasteiger partial charge in [0.25, 0.3) is 0 Å². The zero-order chi connectivity index (χ0) is 10.7. The van der Waals surface area contributed by atoms with Crippen LogP contribution in [0.15, 0.2) is 12.3 Å². The molecular weight excluding hydrogens is 188 g/mol. The van der Waals surface area contributed by atoms with Crippen LogP contribution in [0.3, 0.4) is 0 Å². The molecule has 0 atom stereocenters. The minimum atomic E-state index is 0.551. The fourth-order valence-corrected chi connectivity index (χ4v) is 2.28. The van der Waals surface area contributed by atoms with Gasteiger partial charge in [0.15, 0.2) is 0 Å². The molecule has 1 aromatic heterocycles. The van der Waals surface area contributed by atoms with Gasteiger partial charge in [0.05, 0.1) is 6.04 Å². The Balaban J connectivity index is 1.88. The lowest BCUT2D eigenvalue weighted by Gasteiger charge is -2.31. The van der Waals surface area contributed by atoms with E-state index in [1.807, 2.05) is 16.9 Å². The average Bonchev–Trinajstić information content (AvgIpc) is 2.67. The van der Waals surface area contributed by atoms with Crippen LogP contribution in [0.1, 0.15) is 32.2 Å². The molecule has 15 heavy (non-hydrogen) atoms. The summed E-state index contributed by atoms with van der Waals surface area (Å²) in [5.74, 6) is 0.631. The number of nitrogens with zero attached hydrogens (tertiary/aromatic N) is 3. The normalized spacial score (nSPS) is 19.5. The lowest BCUT2D eigenvalue weighted by Crippen LogP contribution is -2.35. The molecule has 1 aliphatic rings. The van der Waals surface area contributed by atoms with Crippen LogP contribution in [0.2, 0.25) is 0 Å². The largest absolute Gasteiger partial charge is 0.382 e. The Morgan fingerprint density at radius 1 is 1.47 bits per heavy atom. The SMILES string of the molecule is CCCN1CCC(n2ccc(N)n2)CC1. The summed E-state index contributed by atoms with van der Waals surface area (Å²) in [5, 5.41) is 4.28. The van der Waals surface area contributed by atoms with Crippen molar-refractivity contribution in [3.8, 4) is 0 Å². The second kappa shape index (κ2) is 4.66. The molecular formula is C11H20N4. The van der Waals surface area contributed by atoms with Crippen LogP contribution in [0.4, 0.5) is 5.82 Å². The minimum Gasteiger partial charge on any atom is -0.382 e. The fraction of sp³-hybridized carbons (Fsp3) is 0.727. The van der Waals surface area contributed by atoms with E-state index in [0.29, 0.717) is 11.9 Å². The van der Waals surface area contributed by atoms with E-state index in [-0.39, 0.29) is 0 Å². The van der Waals surface area contributed by atoms with Crippen molar-refractivity contribution < 1.29 is 0 Å². The van der Waals surface area contributed by atoms with Crippen molar-refractivity contribution in [3.05, 3.63) is 12.3 Å². The third-order valence-corrected chi connectivity index (χ3v) is 3.10. The number of hydrogen-bond acceptors (Lipinski definition) is 3. The lowest BCUT2D eigenvalue weighted by molar-refractivity contribution is 0.180. The quantitative estimate of drug-likeness (QED) is 0.819. The maximum atomic E-state index is 5.62. The predicted octanol–water partition coefficient (Wildman–Crippen LogP) is 1.51. The molecule has 0 unspecified atom stereocenters. The van der Waals surface area contributed by atoms with Gasteiger partial charge in [0.1, 0.15) is 5.82 Å². The highest BCUT2D eigenvalue weighted by Gasteiger charge is 2.20. The van der Waals surface area contributed by atoms with Crippen molar-refractivity contribution in [2.45, 2.75) is 32.2 Å². The highest BCUT2D eigenvalue weighted by atomic mass is 15.3. The molecule has 2 heterocycles. The van der Waals surface area contributed by atoms with Crippen molar-refractivity contribution in [2.75, 3.05) is 25.4 Å². The number of piperidine rings is 1. The van der Waals surface area contributed by atoms with Crippen LogP contribution in [-0.4, -0.2) is 34.3 Å². The number of aromatic nitrogens is 2. The molecule has 1 aromatic rings. The van der Waals surface area contributed by atoms with E-state index in [1.165, 1.54) is 38.9 Å². The zero-order valence-electron chi connectivity index (χ0n) is 9.39. The van der Waals surface area contributed by atoms with E-state index in [0.717, 1.165) is 0 Å². The number of hydrogen-bond donors (Lipinski definition) is 1. The van der Waals surface area contributed by atoms with Gasteiger partial charge in [0.2, 0.25) is 0 Å². The van der Waals surface area contributed by atoms with Crippen LogP contribution in [0.25, 0.3) is 0 Å². The summed E-state index contributed by atoms with van der Waals surface area (Å²) in [5.41, 5.74) is 5.62. The first-order valence-corrected chi connectivity index (χ1v) is 5.82. The molecule has 4 nitrogen and oxygen atoms in total. The summed E-state index contributed by atoms with van der Waals surface area (Å²) in [6.07, 6.45) is 5.64. The van der Waals surface area contributed by atoms with Gasteiger partial charge in [-0.2, -0.15) is 5.10 Å². The van der Waals surface area contributed by atoms with Crippen molar-refractivity contribution in [3.63, 3.8) is 0 Å². The van der Waals surface area contributed by atoms with Crippen molar-refractivity contribution >= 4 is 5.82 Å². The van der Waals surface area contributed by atoms with Crippen LogP contribution in [-0.2, 0) is 0 Å². The first-order chi connectivity index (χ1) is 7.29. The van der Waals surface area contributed by atoms with E-state index >= 15 is 0 Å². The van der Waals surface area contributed by atoms with E-state index in [4.69, 9.17) is 5.73 Å². The molecule has 0 aromatic carbocycles. The molecule has 0 amide bonds. The molecule has 0 saturated carbocycles. The minimum absolute atomic E-state index is 0.551. The van der Waals surface area contributed by atoms with Gasteiger partial charge < -0.3 is 10.6 Å². The Bertz CT molecular complexity index is 299. The van der Waals surface area contributed by atoms with Crippen LogP contribution < -0.4 is 5.73 Å². The van der Waals surface area contributed by atoms with Crippen molar-refractivity contribution in [1.29, 1.82) is 0 Å². The Morgan fingerprint density at radius 2 is 2.20 bits per heavy atom. The van der Waals surface area contributed by atoms with E-state index in [9.17, 15) is 0 Å². The average molecular weight is 208 g/mol. The highest BCUT2D eigenvalue weighted by molar-refractivity contribution is 5.24. The highest BCUT2D eigenvalue weighted by Crippen LogP contribution is 2.22. The molecule has 2 rings (SSSR count). The number of rotatable bonds is 3. The third kappa shape index (κ3) is 2.50. The number of nitrogens with two attached hydrogens (primary N) is 1. The van der Waals surface area contributed by atoms with Gasteiger partial charge in [-0.1, -0.05) is 6.92 Å². The predicted molar refractivity (Wildman–Crippen MR) is 61.6 cm³/mol. The topological polar surface area (TPSA) is 47.1 Å². The van der Waals surface area contributed by atoms with Crippen LogP contribution in [0.5, 0.6) is 0 Å². The maximum Gasteiger partial charge on any atom is 0.145 e. The third-order valence-electron chi connectivity index (χ3n) is 3.10. The Hall–Kier alpha value is -1.03. The molecule has 84 valence electrons. The van der Waals surface area contributed by atoms with Gasteiger partial charge in [-0.15, -0.1) is 0 Å². The smallest absolute Gasteiger partial charge is 0.145 e. The van der Waals surface area contributed by atoms with Crippen LogP contribution in [0, 0.1) is 0 Å². The second-order valence-electron chi connectivity index (χ2n) is 4.29. The Morgan fingerprint density at radius 3 is 2.73 bits per heavy atom. The standard InChI is InChI=1S/C11H20N4/c1-2-6-14-7-3-10(4-8-14)15-9-5-11(12)13-15/h5,9-10H,2-4,6-8H2,1H3,(H2,12,13). The Kier molecular flexibility index (Phi) is 3.26. The van der Waals surface area contributed by atoms with E-state index in [2.05, 4.69) is 16.9 Å². The zero-order valence-corrected chi connectivity index (χ0v) is 9.39. The Labute approximate surface area is 91.1 Å². The second-order valence-corrected chi connectivity index (χ2v) is 4.29. The molecule has 0 spiro atoms. The van der Waals surface area contributed by atoms with Crippen LogP contribution >= 0.6 is 0 Å². The number of likely N-dealkylation sites (tertiary alicyclic amines) is 1. The number of nitrogen functional groups attached to an aromatic ring is 1. The number of anilines is 1. The summed E-state index contributed by atoms with van der Waals surface area (Å²) in [6.45, 7) is 5.85. The molecule has 1 fully saturated rings. The fourth-order valence-electron chi connectivity index (χ4n) is 2.28. The van der Waals surface area contributed by atoms with Gasteiger partial charge in [0, 0.05) is 19.3 Å². The van der Waals surface area contributed by atoms with Gasteiger partial charge in [-0.05, 0) is 31.9 Å². The van der Waals surface area contributed by atoms with Crippen molar-refractivity contribution in [2.24, 2.45) is 0 Å².